The van der Waals surface area contributed by atoms with Gasteiger partial charge >= 0.3 is 5.97 Å². The van der Waals surface area contributed by atoms with Crippen molar-refractivity contribution in [2.45, 2.75) is 45.4 Å². The van der Waals surface area contributed by atoms with Crippen LogP contribution in [0.2, 0.25) is 0 Å². The molecule has 0 aliphatic carbocycles. The summed E-state index contributed by atoms with van der Waals surface area (Å²) < 4.78 is 0. The molecule has 2 rings (SSSR count). The number of para-hydroxylation sites is 1. The van der Waals surface area contributed by atoms with E-state index in [4.69, 9.17) is 5.11 Å². The van der Waals surface area contributed by atoms with Crippen LogP contribution in [0.25, 0.3) is 10.9 Å². The fourth-order valence-electron chi connectivity index (χ4n) is 2.55. The number of nitrogens with one attached hydrogen (secondary N) is 1. The molecule has 1 amide bonds. The van der Waals surface area contributed by atoms with Gasteiger partial charge in [0.2, 0.25) is 0 Å². The van der Waals surface area contributed by atoms with Gasteiger partial charge in [0.05, 0.1) is 11.1 Å². The molecular weight excluding hydrogens is 304 g/mol. The van der Waals surface area contributed by atoms with Gasteiger partial charge in [-0.1, -0.05) is 38.5 Å². The molecule has 0 aliphatic rings. The highest BCUT2D eigenvalue weighted by Crippen LogP contribution is 2.22. The molecule has 0 unspecified atom stereocenters. The molecule has 2 aromatic rings. The minimum absolute atomic E-state index is 0.103. The summed E-state index contributed by atoms with van der Waals surface area (Å²) in [4.78, 5) is 27.6. The minimum Gasteiger partial charge on any atom is -0.481 e. The van der Waals surface area contributed by atoms with E-state index in [1.165, 1.54) is 0 Å². The summed E-state index contributed by atoms with van der Waals surface area (Å²) in [6, 6.07) is 9.52. The van der Waals surface area contributed by atoms with Crippen LogP contribution < -0.4 is 5.32 Å². The highest BCUT2D eigenvalue weighted by atomic mass is 16.4. The van der Waals surface area contributed by atoms with Gasteiger partial charge in [0.1, 0.15) is 0 Å². The van der Waals surface area contributed by atoms with Crippen LogP contribution in [0.15, 0.2) is 30.3 Å². The van der Waals surface area contributed by atoms with Crippen LogP contribution in [0.5, 0.6) is 0 Å². The highest BCUT2D eigenvalue weighted by Gasteiger charge is 2.14. The number of carboxylic acid groups (broad SMARTS) is 1. The van der Waals surface area contributed by atoms with Crippen molar-refractivity contribution < 1.29 is 14.7 Å². The summed E-state index contributed by atoms with van der Waals surface area (Å²) in [5.74, 6) is -0.630. The quantitative estimate of drug-likeness (QED) is 0.724. The van der Waals surface area contributed by atoms with Gasteiger partial charge in [-0.3, -0.25) is 14.6 Å². The number of pyridine rings is 1. The first kappa shape index (κ1) is 17.9. The normalized spacial score (nSPS) is 11.0. The number of amides is 1. The lowest BCUT2D eigenvalue weighted by molar-refractivity contribution is -0.137. The standard InChI is InChI=1S/C19H24N2O3/c1-13(2)17-12-15(14-8-5-6-9-16(14)21-17)19(24)20-11-7-3-4-10-18(22)23/h5-6,8-9,12-13H,3-4,7,10-11H2,1-2H3,(H,20,24)(H,22,23). The van der Waals surface area contributed by atoms with E-state index in [1.54, 1.807) is 0 Å². The molecule has 5 heteroatoms. The smallest absolute Gasteiger partial charge is 0.303 e. The molecule has 0 atom stereocenters. The van der Waals surface area contributed by atoms with Crippen LogP contribution in [0.1, 0.15) is 61.5 Å². The summed E-state index contributed by atoms with van der Waals surface area (Å²) >= 11 is 0. The van der Waals surface area contributed by atoms with Crippen LogP contribution in [0.4, 0.5) is 0 Å². The van der Waals surface area contributed by atoms with Crippen molar-refractivity contribution in [3.8, 4) is 0 Å². The van der Waals surface area contributed by atoms with Crippen molar-refractivity contribution >= 4 is 22.8 Å². The van der Waals surface area contributed by atoms with Gasteiger partial charge in [-0.05, 0) is 30.9 Å². The van der Waals surface area contributed by atoms with Crippen LogP contribution in [0.3, 0.4) is 0 Å². The number of carboxylic acids is 1. The van der Waals surface area contributed by atoms with Crippen LogP contribution >= 0.6 is 0 Å². The largest absolute Gasteiger partial charge is 0.481 e. The molecule has 5 nitrogen and oxygen atoms in total. The number of nitrogens with zero attached hydrogens (tertiary/aromatic N) is 1. The highest BCUT2D eigenvalue weighted by molar-refractivity contribution is 6.06. The Bertz CT molecular complexity index is 726. The van der Waals surface area contributed by atoms with Crippen molar-refractivity contribution in [1.29, 1.82) is 0 Å². The van der Waals surface area contributed by atoms with Crippen molar-refractivity contribution in [2.24, 2.45) is 0 Å². The predicted octanol–water partition coefficient (Wildman–Crippen LogP) is 3.73. The Labute approximate surface area is 142 Å². The average Bonchev–Trinajstić information content (AvgIpc) is 2.56. The molecule has 2 N–H and O–H groups in total. The molecule has 1 heterocycles. The van der Waals surface area contributed by atoms with E-state index in [1.807, 2.05) is 30.3 Å². The monoisotopic (exact) mass is 328 g/mol. The fourth-order valence-corrected chi connectivity index (χ4v) is 2.55. The number of aromatic nitrogens is 1. The lowest BCUT2D eigenvalue weighted by Crippen LogP contribution is -2.25. The maximum absolute atomic E-state index is 12.5. The second kappa shape index (κ2) is 8.43. The van der Waals surface area contributed by atoms with Crippen molar-refractivity contribution in [3.05, 3.63) is 41.6 Å². The number of fused-ring (bicyclic) bond motifs is 1. The molecule has 0 bridgehead atoms. The number of rotatable bonds is 8. The molecule has 0 radical (unpaired) electrons. The maximum atomic E-state index is 12.5. The Morgan fingerprint density at radius 3 is 2.62 bits per heavy atom. The Kier molecular flexibility index (Phi) is 6.29. The third kappa shape index (κ3) is 4.78. The molecule has 128 valence electrons. The van der Waals surface area contributed by atoms with Gasteiger partial charge in [-0.2, -0.15) is 0 Å². The Morgan fingerprint density at radius 1 is 1.17 bits per heavy atom. The number of aliphatic carboxylic acids is 1. The minimum atomic E-state index is -0.775. The SMILES string of the molecule is CC(C)c1cc(C(=O)NCCCCCC(=O)O)c2ccccc2n1. The predicted molar refractivity (Wildman–Crippen MR) is 94.3 cm³/mol. The first-order valence-corrected chi connectivity index (χ1v) is 8.38. The van der Waals surface area contributed by atoms with Gasteiger partial charge in [0.15, 0.2) is 0 Å². The van der Waals surface area contributed by atoms with Crippen molar-refractivity contribution in [1.82, 2.24) is 10.3 Å². The Hall–Kier alpha value is -2.43. The van der Waals surface area contributed by atoms with E-state index in [-0.39, 0.29) is 18.2 Å². The summed E-state index contributed by atoms with van der Waals surface area (Å²) in [6.07, 6.45) is 2.39. The summed E-state index contributed by atoms with van der Waals surface area (Å²) in [5.41, 5.74) is 2.38. The lowest BCUT2D eigenvalue weighted by Gasteiger charge is -2.12. The zero-order valence-electron chi connectivity index (χ0n) is 14.2. The molecular formula is C19H24N2O3. The zero-order chi connectivity index (χ0) is 17.5. The zero-order valence-corrected chi connectivity index (χ0v) is 14.2. The lowest BCUT2D eigenvalue weighted by atomic mass is 10.0. The topological polar surface area (TPSA) is 79.3 Å². The second-order valence-electron chi connectivity index (χ2n) is 6.23. The maximum Gasteiger partial charge on any atom is 0.303 e. The molecule has 0 spiro atoms. The summed E-state index contributed by atoms with van der Waals surface area (Å²) in [7, 11) is 0. The van der Waals surface area contributed by atoms with E-state index in [9.17, 15) is 9.59 Å². The summed E-state index contributed by atoms with van der Waals surface area (Å²) in [5, 5.41) is 12.4. The number of benzene rings is 1. The van der Waals surface area contributed by atoms with Crippen LogP contribution in [-0.4, -0.2) is 28.5 Å². The Balaban J connectivity index is 2.04. The van der Waals surface area contributed by atoms with Gasteiger partial charge < -0.3 is 10.4 Å². The molecule has 0 aliphatic heterocycles. The van der Waals surface area contributed by atoms with E-state index in [0.29, 0.717) is 18.5 Å². The molecule has 1 aromatic heterocycles. The van der Waals surface area contributed by atoms with E-state index >= 15 is 0 Å². The van der Waals surface area contributed by atoms with E-state index in [2.05, 4.69) is 24.1 Å². The van der Waals surface area contributed by atoms with E-state index in [0.717, 1.165) is 29.4 Å². The van der Waals surface area contributed by atoms with Crippen LogP contribution in [0, 0.1) is 0 Å². The third-order valence-electron chi connectivity index (χ3n) is 3.93. The van der Waals surface area contributed by atoms with Crippen molar-refractivity contribution in [3.63, 3.8) is 0 Å². The average molecular weight is 328 g/mol. The molecule has 0 fully saturated rings. The number of carbonyl (C=O) groups is 2. The van der Waals surface area contributed by atoms with Gasteiger partial charge in [0, 0.05) is 24.0 Å². The number of unbranched alkanes of at least 4 members (excludes halogenated alkanes) is 2. The Morgan fingerprint density at radius 2 is 1.92 bits per heavy atom. The molecule has 0 saturated heterocycles. The first-order valence-electron chi connectivity index (χ1n) is 8.38. The third-order valence-corrected chi connectivity index (χ3v) is 3.93. The van der Waals surface area contributed by atoms with Gasteiger partial charge in [-0.25, -0.2) is 0 Å². The van der Waals surface area contributed by atoms with E-state index < -0.39 is 5.97 Å². The molecule has 24 heavy (non-hydrogen) atoms. The van der Waals surface area contributed by atoms with Crippen molar-refractivity contribution in [2.75, 3.05) is 6.54 Å². The molecule has 1 aromatic carbocycles. The summed E-state index contributed by atoms with van der Waals surface area (Å²) in [6.45, 7) is 4.66. The number of hydrogen-bond acceptors (Lipinski definition) is 3. The van der Waals surface area contributed by atoms with Gasteiger partial charge in [0.25, 0.3) is 5.91 Å². The molecule has 0 saturated carbocycles. The second-order valence-corrected chi connectivity index (χ2v) is 6.23. The number of hydrogen-bond donors (Lipinski definition) is 2. The van der Waals surface area contributed by atoms with Crippen LogP contribution in [-0.2, 0) is 4.79 Å². The van der Waals surface area contributed by atoms with Gasteiger partial charge in [-0.15, -0.1) is 0 Å². The number of carbonyl (C=O) groups excluding carboxylic acids is 1. The fraction of sp³-hybridized carbons (Fsp3) is 0.421. The first-order chi connectivity index (χ1) is 11.5.